The van der Waals surface area contributed by atoms with Crippen LogP contribution in [0.25, 0.3) is 11.0 Å². The zero-order valence-electron chi connectivity index (χ0n) is 13.2. The number of halogens is 3. The molecule has 0 unspecified atom stereocenters. The number of hydrogen-bond acceptors (Lipinski definition) is 7. The maximum Gasteiger partial charge on any atom is 0.416 e. The Bertz CT molecular complexity index is 968. The zero-order valence-corrected chi connectivity index (χ0v) is 13.2. The number of fused-ring (bicyclic) bond motifs is 1. The van der Waals surface area contributed by atoms with Crippen LogP contribution in [0.1, 0.15) is 24.4 Å². The Morgan fingerprint density at radius 1 is 1.23 bits per heavy atom. The van der Waals surface area contributed by atoms with Crippen molar-refractivity contribution in [2.24, 2.45) is 0 Å². The van der Waals surface area contributed by atoms with Crippen molar-refractivity contribution in [3.05, 3.63) is 30.2 Å². The van der Waals surface area contributed by atoms with Crippen LogP contribution < -0.4 is 10.5 Å². The zero-order chi connectivity index (χ0) is 18.5. The smallest absolute Gasteiger partial charge is 0.416 e. The number of hydrogen-bond donors (Lipinski definition) is 2. The minimum atomic E-state index is -4.52. The SMILES string of the molecule is Nc1ncnc2c1c(Oc1cc(C(F)(F)F)ccn1)nn2C1CC(O)C1. The van der Waals surface area contributed by atoms with Gasteiger partial charge in [0.25, 0.3) is 5.88 Å². The predicted octanol–water partition coefficient (Wildman–Crippen LogP) is 2.31. The second kappa shape index (κ2) is 5.80. The van der Waals surface area contributed by atoms with Crippen molar-refractivity contribution in [2.45, 2.75) is 31.2 Å². The number of pyridine rings is 1. The first-order chi connectivity index (χ1) is 12.3. The molecule has 3 aromatic heterocycles. The Morgan fingerprint density at radius 3 is 2.69 bits per heavy atom. The van der Waals surface area contributed by atoms with Gasteiger partial charge in [-0.3, -0.25) is 0 Å². The minimum absolute atomic E-state index is 0.0358. The number of aliphatic hydroxyl groups excluding tert-OH is 1. The molecule has 0 atom stereocenters. The van der Waals surface area contributed by atoms with E-state index in [-0.39, 0.29) is 29.0 Å². The second-order valence-corrected chi connectivity index (χ2v) is 5.97. The highest BCUT2D eigenvalue weighted by Gasteiger charge is 2.33. The Balaban J connectivity index is 1.75. The summed E-state index contributed by atoms with van der Waals surface area (Å²) in [6.07, 6.45) is -1.71. The second-order valence-electron chi connectivity index (χ2n) is 5.97. The van der Waals surface area contributed by atoms with Crippen LogP contribution in [0.5, 0.6) is 11.8 Å². The van der Waals surface area contributed by atoms with Crippen LogP contribution in [0.2, 0.25) is 0 Å². The van der Waals surface area contributed by atoms with Gasteiger partial charge in [-0.1, -0.05) is 0 Å². The lowest BCUT2D eigenvalue weighted by Crippen LogP contribution is -2.31. The first kappa shape index (κ1) is 16.5. The fraction of sp³-hybridized carbons (Fsp3) is 0.333. The van der Waals surface area contributed by atoms with E-state index in [9.17, 15) is 18.3 Å². The summed E-state index contributed by atoms with van der Waals surface area (Å²) in [5.74, 6) is -0.224. The minimum Gasteiger partial charge on any atom is -0.418 e. The lowest BCUT2D eigenvalue weighted by molar-refractivity contribution is -0.137. The molecule has 0 aliphatic heterocycles. The number of anilines is 1. The molecule has 4 rings (SSSR count). The highest BCUT2D eigenvalue weighted by Crippen LogP contribution is 2.39. The molecule has 8 nitrogen and oxygen atoms in total. The molecule has 0 radical (unpaired) electrons. The maximum absolute atomic E-state index is 12.9. The van der Waals surface area contributed by atoms with Crippen LogP contribution in [0.3, 0.4) is 0 Å². The van der Waals surface area contributed by atoms with E-state index >= 15 is 0 Å². The molecule has 1 fully saturated rings. The molecule has 0 spiro atoms. The Morgan fingerprint density at radius 2 is 2.00 bits per heavy atom. The molecule has 0 saturated heterocycles. The third kappa shape index (κ3) is 2.79. The topological polar surface area (TPSA) is 112 Å². The fourth-order valence-corrected chi connectivity index (χ4v) is 2.79. The lowest BCUT2D eigenvalue weighted by Gasteiger charge is -2.31. The Labute approximate surface area is 144 Å². The largest absolute Gasteiger partial charge is 0.418 e. The highest BCUT2D eigenvalue weighted by molar-refractivity contribution is 5.90. The summed E-state index contributed by atoms with van der Waals surface area (Å²) in [6, 6.07) is 1.52. The summed E-state index contributed by atoms with van der Waals surface area (Å²) in [5.41, 5.74) is 5.37. The number of aromatic nitrogens is 5. The molecule has 3 heterocycles. The average molecular weight is 366 g/mol. The molecule has 1 saturated carbocycles. The van der Waals surface area contributed by atoms with E-state index in [2.05, 4.69) is 20.1 Å². The lowest BCUT2D eigenvalue weighted by atomic mass is 9.90. The molecular weight excluding hydrogens is 353 g/mol. The van der Waals surface area contributed by atoms with Gasteiger partial charge < -0.3 is 15.6 Å². The van der Waals surface area contributed by atoms with Crippen molar-refractivity contribution in [1.29, 1.82) is 0 Å². The molecule has 26 heavy (non-hydrogen) atoms. The summed E-state index contributed by atoms with van der Waals surface area (Å²) in [6.45, 7) is 0. The van der Waals surface area contributed by atoms with Crippen molar-refractivity contribution in [3.63, 3.8) is 0 Å². The summed E-state index contributed by atoms with van der Waals surface area (Å²) in [4.78, 5) is 11.8. The first-order valence-corrected chi connectivity index (χ1v) is 7.71. The number of nitrogens with two attached hydrogens (primary N) is 1. The van der Waals surface area contributed by atoms with Crippen LogP contribution >= 0.6 is 0 Å². The number of nitrogens with zero attached hydrogens (tertiary/aromatic N) is 5. The summed E-state index contributed by atoms with van der Waals surface area (Å²) >= 11 is 0. The van der Waals surface area contributed by atoms with Gasteiger partial charge in [0.05, 0.1) is 17.7 Å². The molecule has 11 heteroatoms. The average Bonchev–Trinajstić information content (AvgIpc) is 2.91. The fourth-order valence-electron chi connectivity index (χ4n) is 2.79. The predicted molar refractivity (Wildman–Crippen MR) is 83.3 cm³/mol. The first-order valence-electron chi connectivity index (χ1n) is 7.71. The van der Waals surface area contributed by atoms with Crippen molar-refractivity contribution >= 4 is 16.9 Å². The summed E-state index contributed by atoms with van der Waals surface area (Å²) in [5, 5.41) is 14.1. The number of nitrogen functional groups attached to an aromatic ring is 1. The normalized spacial score (nSPS) is 20.2. The van der Waals surface area contributed by atoms with E-state index in [1.807, 2.05) is 0 Å². The molecular formula is C15H13F3N6O2. The quantitative estimate of drug-likeness (QED) is 0.731. The number of alkyl halides is 3. The van der Waals surface area contributed by atoms with Gasteiger partial charge in [-0.15, -0.1) is 5.10 Å². The molecule has 136 valence electrons. The standard InChI is InChI=1S/C15H13F3N6O2/c16-15(17,18)7-1-2-20-10(3-7)26-14-11-12(19)21-6-22-13(11)24(23-14)8-4-9(25)5-8/h1-3,6,8-9,25H,4-5H2,(H2,19,21,22). The van der Waals surface area contributed by atoms with Crippen LogP contribution in [-0.2, 0) is 6.18 Å². The van der Waals surface area contributed by atoms with Crippen LogP contribution in [-0.4, -0.2) is 35.9 Å². The van der Waals surface area contributed by atoms with Gasteiger partial charge in [0.1, 0.15) is 17.5 Å². The number of aliphatic hydroxyl groups is 1. The van der Waals surface area contributed by atoms with E-state index in [0.717, 1.165) is 18.3 Å². The third-order valence-electron chi connectivity index (χ3n) is 4.18. The molecule has 0 aromatic carbocycles. The van der Waals surface area contributed by atoms with Gasteiger partial charge in [0.2, 0.25) is 5.88 Å². The van der Waals surface area contributed by atoms with Crippen molar-refractivity contribution < 1.29 is 23.0 Å². The molecule has 1 aliphatic carbocycles. The van der Waals surface area contributed by atoms with Crippen LogP contribution in [0.15, 0.2) is 24.7 Å². The molecule has 1 aliphatic rings. The molecule has 0 amide bonds. The van der Waals surface area contributed by atoms with Gasteiger partial charge in [0, 0.05) is 12.3 Å². The summed E-state index contributed by atoms with van der Waals surface area (Å²) < 4.78 is 45.6. The van der Waals surface area contributed by atoms with Crippen LogP contribution in [0.4, 0.5) is 19.0 Å². The van der Waals surface area contributed by atoms with E-state index in [4.69, 9.17) is 10.5 Å². The molecule has 3 N–H and O–H groups in total. The van der Waals surface area contributed by atoms with Crippen LogP contribution in [0, 0.1) is 0 Å². The van der Waals surface area contributed by atoms with Crippen molar-refractivity contribution in [3.8, 4) is 11.8 Å². The highest BCUT2D eigenvalue weighted by atomic mass is 19.4. The maximum atomic E-state index is 12.9. The van der Waals surface area contributed by atoms with Gasteiger partial charge >= 0.3 is 6.18 Å². The Hall–Kier alpha value is -2.95. The van der Waals surface area contributed by atoms with E-state index < -0.39 is 17.8 Å². The number of rotatable bonds is 3. The van der Waals surface area contributed by atoms with Gasteiger partial charge in [-0.05, 0) is 18.9 Å². The van der Waals surface area contributed by atoms with Gasteiger partial charge in [0.15, 0.2) is 5.65 Å². The molecule has 3 aromatic rings. The third-order valence-corrected chi connectivity index (χ3v) is 4.18. The Kier molecular flexibility index (Phi) is 3.68. The van der Waals surface area contributed by atoms with E-state index in [0.29, 0.717) is 18.5 Å². The van der Waals surface area contributed by atoms with Gasteiger partial charge in [-0.25, -0.2) is 19.6 Å². The monoisotopic (exact) mass is 366 g/mol. The van der Waals surface area contributed by atoms with E-state index in [1.54, 1.807) is 4.68 Å². The van der Waals surface area contributed by atoms with Crippen molar-refractivity contribution in [1.82, 2.24) is 24.7 Å². The summed E-state index contributed by atoms with van der Waals surface area (Å²) in [7, 11) is 0. The van der Waals surface area contributed by atoms with Crippen molar-refractivity contribution in [2.75, 3.05) is 5.73 Å². The van der Waals surface area contributed by atoms with Gasteiger partial charge in [-0.2, -0.15) is 13.2 Å². The molecule has 0 bridgehead atoms. The van der Waals surface area contributed by atoms with E-state index in [1.165, 1.54) is 6.33 Å². The number of ether oxygens (including phenoxy) is 1.